The topological polar surface area (TPSA) is 0 Å². The predicted octanol–water partition coefficient (Wildman–Crippen LogP) is 3.56. The van der Waals surface area contributed by atoms with E-state index in [2.05, 4.69) is 38.0 Å². The molecule has 0 N–H and O–H groups in total. The fourth-order valence-electron chi connectivity index (χ4n) is 1.70. The van der Waals surface area contributed by atoms with Crippen LogP contribution in [0.2, 0.25) is 0 Å². The number of rotatable bonds is 7. The molecule has 0 unspecified atom stereocenters. The molecule has 0 aliphatic rings. The molecule has 15 heavy (non-hydrogen) atoms. The van der Waals surface area contributed by atoms with Gasteiger partial charge in [0.1, 0.15) is 0 Å². The van der Waals surface area contributed by atoms with E-state index in [1.165, 1.54) is 44.2 Å². The first-order valence-electron chi connectivity index (χ1n) is 5.89. The molecule has 0 aromatic carbocycles. The first kappa shape index (κ1) is 12.7. The molecule has 1 aromatic heterocycles. The molecular formula is C13H24NS+. The van der Waals surface area contributed by atoms with Crippen LogP contribution in [-0.2, 0) is 6.42 Å². The van der Waals surface area contributed by atoms with Crippen molar-refractivity contribution in [3.8, 4) is 0 Å². The molecule has 0 spiro atoms. The monoisotopic (exact) mass is 226 g/mol. The fraction of sp³-hybridized carbons (Fsp3) is 0.692. The Morgan fingerprint density at radius 3 is 2.40 bits per heavy atom. The van der Waals surface area contributed by atoms with E-state index < -0.39 is 0 Å². The lowest BCUT2D eigenvalue weighted by Gasteiger charge is -2.23. The molecule has 0 bridgehead atoms. The van der Waals surface area contributed by atoms with Crippen molar-refractivity contribution in [1.82, 2.24) is 0 Å². The van der Waals surface area contributed by atoms with Crippen LogP contribution in [0, 0.1) is 0 Å². The summed E-state index contributed by atoms with van der Waals surface area (Å²) in [7, 11) is 6.81. The lowest BCUT2D eigenvalue weighted by molar-refractivity contribution is -0.870. The van der Waals surface area contributed by atoms with E-state index in [0.29, 0.717) is 0 Å². The summed E-state index contributed by atoms with van der Waals surface area (Å²) in [6.07, 6.45) is 6.77. The molecule has 2 heteroatoms. The van der Waals surface area contributed by atoms with Gasteiger partial charge in [-0.2, -0.15) is 11.3 Å². The van der Waals surface area contributed by atoms with Gasteiger partial charge in [0.15, 0.2) is 0 Å². The predicted molar refractivity (Wildman–Crippen MR) is 69.4 cm³/mol. The van der Waals surface area contributed by atoms with E-state index in [4.69, 9.17) is 0 Å². The summed E-state index contributed by atoms with van der Waals surface area (Å²) in [5.41, 5.74) is 1.52. The molecule has 0 aliphatic heterocycles. The van der Waals surface area contributed by atoms with Gasteiger partial charge in [0.05, 0.1) is 27.7 Å². The minimum absolute atomic E-state index is 1.10. The Labute approximate surface area is 98.3 Å². The minimum atomic E-state index is 1.10. The molecule has 86 valence electrons. The highest BCUT2D eigenvalue weighted by atomic mass is 32.1. The first-order chi connectivity index (χ1) is 7.08. The number of unbranched alkanes of at least 4 members (excludes halogenated alkanes) is 3. The third-order valence-corrected chi connectivity index (χ3v) is 3.36. The molecular weight excluding hydrogens is 202 g/mol. The second kappa shape index (κ2) is 6.29. The normalized spacial score (nSPS) is 11.9. The van der Waals surface area contributed by atoms with Crippen LogP contribution in [-0.4, -0.2) is 32.2 Å². The SMILES string of the molecule is C[N+](C)(C)CCCCCCc1ccsc1. The smallest absolute Gasteiger partial charge is 0.0780 e. The van der Waals surface area contributed by atoms with Crippen molar-refractivity contribution >= 4 is 11.3 Å². The van der Waals surface area contributed by atoms with Crippen molar-refractivity contribution in [2.75, 3.05) is 27.7 Å². The number of hydrogen-bond acceptors (Lipinski definition) is 1. The average molecular weight is 226 g/mol. The molecule has 1 aromatic rings. The van der Waals surface area contributed by atoms with E-state index in [0.717, 1.165) is 4.48 Å². The van der Waals surface area contributed by atoms with Gasteiger partial charge in [-0.05, 0) is 48.1 Å². The molecule has 0 saturated heterocycles. The Hall–Kier alpha value is -0.340. The van der Waals surface area contributed by atoms with E-state index in [1.807, 2.05) is 11.3 Å². The number of nitrogens with zero attached hydrogens (tertiary/aromatic N) is 1. The maximum absolute atomic E-state index is 2.27. The largest absolute Gasteiger partial charge is 0.331 e. The third-order valence-electron chi connectivity index (χ3n) is 2.62. The molecule has 0 amide bonds. The van der Waals surface area contributed by atoms with Crippen molar-refractivity contribution in [3.63, 3.8) is 0 Å². The number of aryl methyl sites for hydroxylation is 1. The van der Waals surface area contributed by atoms with Crippen LogP contribution in [0.5, 0.6) is 0 Å². The Bertz CT molecular complexity index is 246. The summed E-state index contributed by atoms with van der Waals surface area (Å²) in [6, 6.07) is 2.25. The van der Waals surface area contributed by atoms with Crippen LogP contribution in [0.3, 0.4) is 0 Å². The van der Waals surface area contributed by atoms with E-state index in [9.17, 15) is 0 Å². The van der Waals surface area contributed by atoms with Crippen LogP contribution < -0.4 is 0 Å². The van der Waals surface area contributed by atoms with Gasteiger partial charge in [0, 0.05) is 0 Å². The van der Waals surface area contributed by atoms with Gasteiger partial charge in [0.2, 0.25) is 0 Å². The molecule has 1 nitrogen and oxygen atoms in total. The van der Waals surface area contributed by atoms with Gasteiger partial charge in [0.25, 0.3) is 0 Å². The molecule has 0 aliphatic carbocycles. The van der Waals surface area contributed by atoms with Crippen LogP contribution in [0.15, 0.2) is 16.8 Å². The van der Waals surface area contributed by atoms with Gasteiger partial charge in [-0.15, -0.1) is 0 Å². The van der Waals surface area contributed by atoms with Crippen LogP contribution in [0.25, 0.3) is 0 Å². The molecule has 1 heterocycles. The zero-order valence-electron chi connectivity index (χ0n) is 10.3. The highest BCUT2D eigenvalue weighted by Crippen LogP contribution is 2.11. The van der Waals surface area contributed by atoms with Gasteiger partial charge in [-0.1, -0.05) is 6.42 Å². The molecule has 1 rings (SSSR count). The fourth-order valence-corrected chi connectivity index (χ4v) is 2.41. The average Bonchev–Trinajstić information content (AvgIpc) is 2.61. The first-order valence-corrected chi connectivity index (χ1v) is 6.84. The zero-order valence-corrected chi connectivity index (χ0v) is 11.1. The summed E-state index contributed by atoms with van der Waals surface area (Å²) in [6.45, 7) is 1.30. The summed E-state index contributed by atoms with van der Waals surface area (Å²) < 4.78 is 1.10. The third kappa shape index (κ3) is 6.69. The maximum atomic E-state index is 2.27. The summed E-state index contributed by atoms with van der Waals surface area (Å²) in [5.74, 6) is 0. The molecule has 0 radical (unpaired) electrons. The van der Waals surface area contributed by atoms with Crippen molar-refractivity contribution in [2.24, 2.45) is 0 Å². The quantitative estimate of drug-likeness (QED) is 0.492. The van der Waals surface area contributed by atoms with Crippen molar-refractivity contribution in [1.29, 1.82) is 0 Å². The lowest BCUT2D eigenvalue weighted by atomic mass is 10.1. The number of thiophene rings is 1. The zero-order chi connectivity index (χ0) is 11.1. The van der Waals surface area contributed by atoms with Crippen LogP contribution in [0.4, 0.5) is 0 Å². The minimum Gasteiger partial charge on any atom is -0.331 e. The Balaban J connectivity index is 1.94. The van der Waals surface area contributed by atoms with Crippen molar-refractivity contribution in [3.05, 3.63) is 22.4 Å². The second-order valence-corrected chi connectivity index (χ2v) is 6.09. The van der Waals surface area contributed by atoms with Gasteiger partial charge < -0.3 is 4.48 Å². The molecule has 0 fully saturated rings. The lowest BCUT2D eigenvalue weighted by Crippen LogP contribution is -2.35. The van der Waals surface area contributed by atoms with E-state index >= 15 is 0 Å². The molecule has 0 saturated carbocycles. The second-order valence-electron chi connectivity index (χ2n) is 5.31. The van der Waals surface area contributed by atoms with Crippen LogP contribution >= 0.6 is 11.3 Å². The van der Waals surface area contributed by atoms with Gasteiger partial charge >= 0.3 is 0 Å². The standard InChI is InChI=1S/C13H24NS/c1-14(2,3)10-7-5-4-6-8-13-9-11-15-12-13/h9,11-12H,4-8,10H2,1-3H3/q+1. The van der Waals surface area contributed by atoms with Gasteiger partial charge in [-0.25, -0.2) is 0 Å². The maximum Gasteiger partial charge on any atom is 0.0780 e. The molecule has 0 atom stereocenters. The Morgan fingerprint density at radius 1 is 1.07 bits per heavy atom. The van der Waals surface area contributed by atoms with Gasteiger partial charge in [-0.3, -0.25) is 0 Å². The van der Waals surface area contributed by atoms with E-state index in [1.54, 1.807) is 0 Å². The van der Waals surface area contributed by atoms with Crippen molar-refractivity contribution < 1.29 is 4.48 Å². The number of hydrogen-bond donors (Lipinski definition) is 0. The number of quaternary nitrogens is 1. The Morgan fingerprint density at radius 2 is 1.80 bits per heavy atom. The highest BCUT2D eigenvalue weighted by molar-refractivity contribution is 7.07. The van der Waals surface area contributed by atoms with Crippen molar-refractivity contribution in [2.45, 2.75) is 32.1 Å². The highest BCUT2D eigenvalue weighted by Gasteiger charge is 2.05. The summed E-state index contributed by atoms with van der Waals surface area (Å²) in [4.78, 5) is 0. The van der Waals surface area contributed by atoms with Crippen LogP contribution in [0.1, 0.15) is 31.2 Å². The summed E-state index contributed by atoms with van der Waals surface area (Å²) in [5, 5.41) is 4.44. The Kier molecular flexibility index (Phi) is 5.34. The van der Waals surface area contributed by atoms with E-state index in [-0.39, 0.29) is 0 Å². The summed E-state index contributed by atoms with van der Waals surface area (Å²) >= 11 is 1.81.